The SMILES string of the molecule is Nc1nc(NCCOCC2CC2)n[nH]1. The Kier molecular flexibility index (Phi) is 2.83. The average Bonchev–Trinajstić information content (AvgIpc) is 2.89. The van der Waals surface area contributed by atoms with Crippen LogP contribution in [0.15, 0.2) is 0 Å². The van der Waals surface area contributed by atoms with Crippen LogP contribution in [0.25, 0.3) is 0 Å². The summed E-state index contributed by atoms with van der Waals surface area (Å²) in [6, 6.07) is 0. The van der Waals surface area contributed by atoms with E-state index in [1.54, 1.807) is 0 Å². The second kappa shape index (κ2) is 4.28. The van der Waals surface area contributed by atoms with Crippen molar-refractivity contribution in [1.82, 2.24) is 15.2 Å². The van der Waals surface area contributed by atoms with Crippen molar-refractivity contribution in [2.75, 3.05) is 30.8 Å². The Morgan fingerprint density at radius 3 is 3.07 bits per heavy atom. The fourth-order valence-electron chi connectivity index (χ4n) is 1.12. The number of hydrogen-bond donors (Lipinski definition) is 3. The van der Waals surface area contributed by atoms with E-state index < -0.39 is 0 Å². The van der Waals surface area contributed by atoms with E-state index in [4.69, 9.17) is 10.5 Å². The third-order valence-corrected chi connectivity index (χ3v) is 2.08. The minimum absolute atomic E-state index is 0.325. The van der Waals surface area contributed by atoms with Crippen LogP contribution < -0.4 is 11.1 Å². The largest absolute Gasteiger partial charge is 0.379 e. The number of nitrogens with one attached hydrogen (secondary N) is 2. The van der Waals surface area contributed by atoms with Crippen molar-refractivity contribution in [3.8, 4) is 0 Å². The summed E-state index contributed by atoms with van der Waals surface area (Å²) in [6.07, 6.45) is 2.65. The fourth-order valence-corrected chi connectivity index (χ4v) is 1.12. The van der Waals surface area contributed by atoms with Gasteiger partial charge in [-0.1, -0.05) is 0 Å². The van der Waals surface area contributed by atoms with Crippen molar-refractivity contribution < 1.29 is 4.74 Å². The minimum atomic E-state index is 0.325. The van der Waals surface area contributed by atoms with Crippen LogP contribution in [0.1, 0.15) is 12.8 Å². The molecule has 6 heteroatoms. The second-order valence-corrected chi connectivity index (χ2v) is 3.49. The van der Waals surface area contributed by atoms with Gasteiger partial charge in [0.1, 0.15) is 0 Å². The highest BCUT2D eigenvalue weighted by Gasteiger charge is 2.20. The molecule has 1 heterocycles. The molecule has 0 saturated heterocycles. The quantitative estimate of drug-likeness (QED) is 0.568. The Morgan fingerprint density at radius 1 is 1.57 bits per heavy atom. The van der Waals surface area contributed by atoms with Gasteiger partial charge in [0.2, 0.25) is 11.9 Å². The van der Waals surface area contributed by atoms with E-state index >= 15 is 0 Å². The van der Waals surface area contributed by atoms with Crippen LogP contribution in [0.4, 0.5) is 11.9 Å². The molecule has 1 aromatic rings. The molecule has 14 heavy (non-hydrogen) atoms. The lowest BCUT2D eigenvalue weighted by molar-refractivity contribution is 0.134. The summed E-state index contributed by atoms with van der Waals surface area (Å²) in [5, 5.41) is 9.39. The van der Waals surface area contributed by atoms with E-state index in [-0.39, 0.29) is 0 Å². The first kappa shape index (κ1) is 9.26. The molecule has 6 nitrogen and oxygen atoms in total. The van der Waals surface area contributed by atoms with Gasteiger partial charge in [0.15, 0.2) is 0 Å². The molecule has 0 aliphatic heterocycles. The lowest BCUT2D eigenvalue weighted by atomic mass is 10.5. The predicted octanol–water partition coefficient (Wildman–Crippen LogP) is 0.225. The van der Waals surface area contributed by atoms with Crippen LogP contribution in [-0.2, 0) is 4.74 Å². The minimum Gasteiger partial charge on any atom is -0.379 e. The standard InChI is InChI=1S/C8H15N5O/c9-7-11-8(13-12-7)10-3-4-14-5-6-1-2-6/h6H,1-5H2,(H4,9,10,11,12,13). The number of aromatic nitrogens is 3. The van der Waals surface area contributed by atoms with E-state index in [1.165, 1.54) is 12.8 Å². The first-order chi connectivity index (χ1) is 6.84. The molecule has 78 valence electrons. The van der Waals surface area contributed by atoms with E-state index in [2.05, 4.69) is 20.5 Å². The summed E-state index contributed by atoms with van der Waals surface area (Å²) in [5.74, 6) is 1.66. The molecule has 0 radical (unpaired) electrons. The lowest BCUT2D eigenvalue weighted by Gasteiger charge is -2.02. The smallest absolute Gasteiger partial charge is 0.243 e. The maximum Gasteiger partial charge on any atom is 0.243 e. The van der Waals surface area contributed by atoms with Gasteiger partial charge >= 0.3 is 0 Å². The van der Waals surface area contributed by atoms with Gasteiger partial charge in [0, 0.05) is 13.2 Å². The Morgan fingerprint density at radius 2 is 2.43 bits per heavy atom. The molecule has 0 aromatic carbocycles. The second-order valence-electron chi connectivity index (χ2n) is 3.49. The zero-order valence-corrected chi connectivity index (χ0v) is 7.99. The molecular formula is C8H15N5O. The Balaban J connectivity index is 1.53. The van der Waals surface area contributed by atoms with Crippen molar-refractivity contribution >= 4 is 11.9 Å². The van der Waals surface area contributed by atoms with Crippen molar-refractivity contribution in [2.24, 2.45) is 5.92 Å². The molecule has 1 aliphatic carbocycles. The van der Waals surface area contributed by atoms with Gasteiger partial charge in [-0.3, -0.25) is 0 Å². The maximum absolute atomic E-state index is 5.43. The van der Waals surface area contributed by atoms with Crippen LogP contribution in [0.3, 0.4) is 0 Å². The van der Waals surface area contributed by atoms with E-state index in [0.29, 0.717) is 25.0 Å². The number of hydrogen-bond acceptors (Lipinski definition) is 5. The predicted molar refractivity (Wildman–Crippen MR) is 52.8 cm³/mol. The van der Waals surface area contributed by atoms with Crippen molar-refractivity contribution in [2.45, 2.75) is 12.8 Å². The molecule has 1 saturated carbocycles. The fraction of sp³-hybridized carbons (Fsp3) is 0.750. The summed E-state index contributed by atoms with van der Waals surface area (Å²) in [6.45, 7) is 2.28. The van der Waals surface area contributed by atoms with Gasteiger partial charge in [-0.05, 0) is 18.8 Å². The molecule has 0 bridgehead atoms. The molecule has 2 rings (SSSR count). The molecule has 1 aromatic heterocycles. The van der Waals surface area contributed by atoms with E-state index in [9.17, 15) is 0 Å². The van der Waals surface area contributed by atoms with Crippen LogP contribution in [-0.4, -0.2) is 34.9 Å². The first-order valence-electron chi connectivity index (χ1n) is 4.84. The normalized spacial score (nSPS) is 15.7. The summed E-state index contributed by atoms with van der Waals surface area (Å²) in [7, 11) is 0. The van der Waals surface area contributed by atoms with Crippen LogP contribution in [0, 0.1) is 5.92 Å². The van der Waals surface area contributed by atoms with Gasteiger partial charge in [0.25, 0.3) is 0 Å². The first-order valence-corrected chi connectivity index (χ1v) is 4.84. The van der Waals surface area contributed by atoms with Crippen molar-refractivity contribution in [3.05, 3.63) is 0 Å². The Bertz CT molecular complexity index is 283. The third-order valence-electron chi connectivity index (χ3n) is 2.08. The van der Waals surface area contributed by atoms with Gasteiger partial charge in [-0.15, -0.1) is 5.10 Å². The number of rotatable bonds is 6. The van der Waals surface area contributed by atoms with Gasteiger partial charge < -0.3 is 15.8 Å². The molecule has 4 N–H and O–H groups in total. The molecule has 0 amide bonds. The van der Waals surface area contributed by atoms with Gasteiger partial charge in [-0.25, -0.2) is 5.10 Å². The molecule has 0 spiro atoms. The lowest BCUT2D eigenvalue weighted by Crippen LogP contribution is -2.11. The Labute approximate surface area is 82.2 Å². The molecular weight excluding hydrogens is 182 g/mol. The van der Waals surface area contributed by atoms with E-state index in [1.807, 2.05) is 0 Å². The molecule has 0 unspecified atom stereocenters. The summed E-state index contributed by atoms with van der Waals surface area (Å²) in [5.41, 5.74) is 5.36. The third kappa shape index (κ3) is 2.88. The van der Waals surface area contributed by atoms with Crippen molar-refractivity contribution in [1.29, 1.82) is 0 Å². The highest BCUT2D eigenvalue weighted by atomic mass is 16.5. The number of nitrogen functional groups attached to an aromatic ring is 1. The zero-order valence-electron chi connectivity index (χ0n) is 7.99. The summed E-state index contributed by atoms with van der Waals surface area (Å²) >= 11 is 0. The van der Waals surface area contributed by atoms with Crippen LogP contribution >= 0.6 is 0 Å². The number of H-pyrrole nitrogens is 1. The average molecular weight is 197 g/mol. The summed E-state index contributed by atoms with van der Waals surface area (Å²) < 4.78 is 5.43. The van der Waals surface area contributed by atoms with Gasteiger partial charge in [-0.2, -0.15) is 4.98 Å². The van der Waals surface area contributed by atoms with Crippen LogP contribution in [0.2, 0.25) is 0 Å². The topological polar surface area (TPSA) is 88.8 Å². The Hall–Kier alpha value is -1.30. The number of nitrogens with two attached hydrogens (primary N) is 1. The van der Waals surface area contributed by atoms with Crippen LogP contribution in [0.5, 0.6) is 0 Å². The molecule has 1 aliphatic rings. The summed E-state index contributed by atoms with van der Waals surface area (Å²) in [4.78, 5) is 3.90. The maximum atomic E-state index is 5.43. The van der Waals surface area contributed by atoms with Crippen molar-refractivity contribution in [3.63, 3.8) is 0 Å². The monoisotopic (exact) mass is 197 g/mol. The number of aromatic amines is 1. The highest BCUT2D eigenvalue weighted by molar-refractivity contribution is 5.29. The van der Waals surface area contributed by atoms with E-state index in [0.717, 1.165) is 12.5 Å². The molecule has 1 fully saturated rings. The van der Waals surface area contributed by atoms with Gasteiger partial charge in [0.05, 0.1) is 6.61 Å². The highest BCUT2D eigenvalue weighted by Crippen LogP contribution is 2.28. The number of anilines is 2. The number of ether oxygens (including phenoxy) is 1. The molecule has 0 atom stereocenters. The number of nitrogens with zero attached hydrogens (tertiary/aromatic N) is 2. The zero-order chi connectivity index (χ0) is 9.80.